The first-order valence-corrected chi connectivity index (χ1v) is 5.48. The Hall–Kier alpha value is -1.99. The lowest BCUT2D eigenvalue weighted by Gasteiger charge is -1.95. The average molecular weight is 285 g/mol. The number of benzene rings is 1. The van der Waals surface area contributed by atoms with Crippen molar-refractivity contribution in [1.29, 1.82) is 0 Å². The number of thiocarbonyl (C=S) groups is 1. The molecule has 0 aliphatic carbocycles. The number of nitro groups is 1. The number of non-ortho nitro benzene ring substituents is 1. The van der Waals surface area contributed by atoms with Gasteiger partial charge in [-0.05, 0) is 36.0 Å². The predicted molar refractivity (Wildman–Crippen MR) is 75.3 cm³/mol. The van der Waals surface area contributed by atoms with E-state index in [0.717, 1.165) is 0 Å². The van der Waals surface area contributed by atoms with E-state index < -0.39 is 4.92 Å². The molecule has 0 atom stereocenters. The Labute approximate surface area is 113 Å². The van der Waals surface area contributed by atoms with E-state index in [4.69, 9.17) is 17.3 Å². The van der Waals surface area contributed by atoms with Crippen LogP contribution in [0.4, 0.5) is 5.69 Å². The van der Waals surface area contributed by atoms with Crippen LogP contribution in [-0.4, -0.2) is 16.3 Å². The van der Waals surface area contributed by atoms with Gasteiger partial charge in [-0.2, -0.15) is 5.10 Å². The summed E-state index contributed by atoms with van der Waals surface area (Å²) in [5, 5.41) is 14.5. The lowest BCUT2D eigenvalue weighted by Crippen LogP contribution is -2.23. The molecule has 0 aromatic heterocycles. The summed E-state index contributed by atoms with van der Waals surface area (Å²) in [7, 11) is 0. The fourth-order valence-corrected chi connectivity index (χ4v) is 1.27. The Morgan fingerprint density at radius 1 is 1.50 bits per heavy atom. The van der Waals surface area contributed by atoms with Gasteiger partial charge in [-0.15, -0.1) is 0 Å². The van der Waals surface area contributed by atoms with Crippen molar-refractivity contribution in [3.63, 3.8) is 0 Å². The molecule has 0 bridgehead atoms. The third kappa shape index (κ3) is 4.89. The van der Waals surface area contributed by atoms with Crippen LogP contribution in [0.3, 0.4) is 0 Å². The van der Waals surface area contributed by atoms with Crippen molar-refractivity contribution in [2.45, 2.75) is 0 Å². The molecule has 1 aromatic rings. The lowest BCUT2D eigenvalue weighted by atomic mass is 10.2. The van der Waals surface area contributed by atoms with Crippen molar-refractivity contribution < 1.29 is 4.92 Å². The molecule has 0 unspecified atom stereocenters. The number of nitrogens with zero attached hydrogens (tertiary/aromatic N) is 2. The Morgan fingerprint density at radius 2 is 2.11 bits per heavy atom. The van der Waals surface area contributed by atoms with E-state index in [-0.39, 0.29) is 10.8 Å². The summed E-state index contributed by atoms with van der Waals surface area (Å²) in [5.41, 5.74) is 8.24. The molecule has 94 valence electrons. The van der Waals surface area contributed by atoms with Crippen molar-refractivity contribution in [2.24, 2.45) is 10.8 Å². The molecule has 0 aliphatic rings. The van der Waals surface area contributed by atoms with E-state index >= 15 is 0 Å². The SMILES string of the molecule is NC(=S)N/N=C/C(Cl)=C\c1ccc([N+](=O)[O-])cc1. The van der Waals surface area contributed by atoms with E-state index in [2.05, 4.69) is 22.7 Å². The minimum absolute atomic E-state index is 0.0205. The van der Waals surface area contributed by atoms with Gasteiger partial charge in [0.05, 0.1) is 16.2 Å². The van der Waals surface area contributed by atoms with E-state index in [1.54, 1.807) is 18.2 Å². The molecule has 6 nitrogen and oxygen atoms in total. The fraction of sp³-hybridized carbons (Fsp3) is 0. The summed E-state index contributed by atoms with van der Waals surface area (Å²) in [6, 6.07) is 5.94. The van der Waals surface area contributed by atoms with Crippen LogP contribution in [0.15, 0.2) is 34.4 Å². The number of nitrogens with two attached hydrogens (primary N) is 1. The zero-order valence-corrected chi connectivity index (χ0v) is 10.6. The molecule has 0 radical (unpaired) electrons. The number of halogens is 1. The van der Waals surface area contributed by atoms with Crippen LogP contribution in [0.5, 0.6) is 0 Å². The van der Waals surface area contributed by atoms with E-state index in [9.17, 15) is 10.1 Å². The molecule has 3 N–H and O–H groups in total. The second-order valence-corrected chi connectivity index (χ2v) is 3.99. The quantitative estimate of drug-likeness (QED) is 0.382. The molecular formula is C10H9ClN4O2S. The van der Waals surface area contributed by atoms with Crippen molar-refractivity contribution in [3.05, 3.63) is 45.0 Å². The van der Waals surface area contributed by atoms with Crippen LogP contribution in [0.1, 0.15) is 5.56 Å². The van der Waals surface area contributed by atoms with Crippen molar-refractivity contribution in [1.82, 2.24) is 5.43 Å². The molecule has 1 rings (SSSR count). The van der Waals surface area contributed by atoms with Crippen molar-refractivity contribution in [2.75, 3.05) is 0 Å². The molecule has 0 spiro atoms. The molecule has 0 saturated carbocycles. The third-order valence-electron chi connectivity index (χ3n) is 1.77. The number of hydrogen-bond acceptors (Lipinski definition) is 4. The summed E-state index contributed by atoms with van der Waals surface area (Å²) >= 11 is 10.4. The number of nitrogens with one attached hydrogen (secondary N) is 1. The minimum Gasteiger partial charge on any atom is -0.375 e. The summed E-state index contributed by atoms with van der Waals surface area (Å²) in [6.45, 7) is 0. The first-order valence-electron chi connectivity index (χ1n) is 4.69. The zero-order chi connectivity index (χ0) is 13.5. The number of hydrogen-bond donors (Lipinski definition) is 2. The van der Waals surface area contributed by atoms with E-state index in [1.807, 2.05) is 0 Å². The number of hydrazone groups is 1. The first kappa shape index (κ1) is 14.1. The first-order chi connectivity index (χ1) is 8.49. The number of allylic oxidation sites excluding steroid dienone is 1. The van der Waals surface area contributed by atoms with Crippen molar-refractivity contribution in [3.8, 4) is 0 Å². The second-order valence-electron chi connectivity index (χ2n) is 3.11. The van der Waals surface area contributed by atoms with Crippen LogP contribution in [0.2, 0.25) is 0 Å². The summed E-state index contributed by atoms with van der Waals surface area (Å²) in [4.78, 5) is 9.98. The van der Waals surface area contributed by atoms with Gasteiger partial charge in [-0.3, -0.25) is 15.5 Å². The van der Waals surface area contributed by atoms with Gasteiger partial charge in [0, 0.05) is 12.1 Å². The van der Waals surface area contributed by atoms with Gasteiger partial charge in [-0.1, -0.05) is 11.6 Å². The maximum absolute atomic E-state index is 10.5. The smallest absolute Gasteiger partial charge is 0.269 e. The standard InChI is InChI=1S/C10H9ClN4O2S/c11-8(6-13-14-10(12)18)5-7-1-3-9(4-2-7)15(16)17/h1-6H,(H3,12,14,18)/b8-5+,13-6+. The Balaban J connectivity index is 2.73. The maximum atomic E-state index is 10.5. The van der Waals surface area contributed by atoms with Crippen LogP contribution < -0.4 is 11.2 Å². The van der Waals surface area contributed by atoms with Gasteiger partial charge in [0.1, 0.15) is 0 Å². The van der Waals surface area contributed by atoms with Crippen LogP contribution in [0, 0.1) is 10.1 Å². The molecule has 0 amide bonds. The molecule has 0 saturated heterocycles. The van der Waals surface area contributed by atoms with Gasteiger partial charge in [-0.25, -0.2) is 0 Å². The molecule has 18 heavy (non-hydrogen) atoms. The Morgan fingerprint density at radius 3 is 2.61 bits per heavy atom. The average Bonchev–Trinajstić information content (AvgIpc) is 2.29. The van der Waals surface area contributed by atoms with Gasteiger partial charge >= 0.3 is 0 Å². The third-order valence-corrected chi connectivity index (χ3v) is 2.07. The minimum atomic E-state index is -0.470. The molecule has 0 heterocycles. The Bertz CT molecular complexity index is 513. The van der Waals surface area contributed by atoms with Gasteiger partial charge in [0.2, 0.25) is 0 Å². The monoisotopic (exact) mass is 284 g/mol. The fourth-order valence-electron chi connectivity index (χ4n) is 1.05. The highest BCUT2D eigenvalue weighted by Crippen LogP contribution is 2.14. The summed E-state index contributed by atoms with van der Waals surface area (Å²) in [5.74, 6) is 0. The lowest BCUT2D eigenvalue weighted by molar-refractivity contribution is -0.384. The van der Waals surface area contributed by atoms with Gasteiger partial charge in [0.15, 0.2) is 5.11 Å². The summed E-state index contributed by atoms with van der Waals surface area (Å²) in [6.07, 6.45) is 2.91. The highest BCUT2D eigenvalue weighted by atomic mass is 35.5. The topological polar surface area (TPSA) is 93.5 Å². The van der Waals surface area contributed by atoms with Gasteiger partial charge in [0.25, 0.3) is 5.69 Å². The van der Waals surface area contributed by atoms with Gasteiger partial charge < -0.3 is 5.73 Å². The Kier molecular flexibility index (Phi) is 5.22. The normalized spacial score (nSPS) is 11.5. The highest BCUT2D eigenvalue weighted by Gasteiger charge is 2.02. The van der Waals surface area contributed by atoms with Crippen LogP contribution in [-0.2, 0) is 0 Å². The highest BCUT2D eigenvalue weighted by molar-refractivity contribution is 7.80. The summed E-state index contributed by atoms with van der Waals surface area (Å²) < 4.78 is 0. The largest absolute Gasteiger partial charge is 0.375 e. The number of rotatable bonds is 4. The second kappa shape index (κ2) is 6.67. The van der Waals surface area contributed by atoms with Crippen LogP contribution >= 0.6 is 23.8 Å². The van der Waals surface area contributed by atoms with Crippen LogP contribution in [0.25, 0.3) is 6.08 Å². The zero-order valence-electron chi connectivity index (χ0n) is 9.04. The molecule has 8 heteroatoms. The maximum Gasteiger partial charge on any atom is 0.269 e. The number of nitro benzene ring substituents is 1. The molecule has 0 fully saturated rings. The predicted octanol–water partition coefficient (Wildman–Crippen LogP) is 1.99. The van der Waals surface area contributed by atoms with Crippen molar-refractivity contribution >= 4 is 46.9 Å². The van der Waals surface area contributed by atoms with E-state index in [0.29, 0.717) is 10.6 Å². The van der Waals surface area contributed by atoms with E-state index in [1.165, 1.54) is 18.3 Å². The molecule has 1 aromatic carbocycles. The molecular weight excluding hydrogens is 276 g/mol. The molecule has 0 aliphatic heterocycles.